The summed E-state index contributed by atoms with van der Waals surface area (Å²) in [5.74, 6) is 7.16. The molecule has 0 heterocycles. The molecule has 5 heteroatoms. The van der Waals surface area contributed by atoms with Crippen LogP contribution in [0.4, 0.5) is 0 Å². The van der Waals surface area contributed by atoms with Gasteiger partial charge in [-0.3, -0.25) is 5.84 Å². The van der Waals surface area contributed by atoms with Gasteiger partial charge in [-0.2, -0.15) is 0 Å². The maximum Gasteiger partial charge on any atom is 0.124 e. The van der Waals surface area contributed by atoms with Crippen molar-refractivity contribution in [1.29, 1.82) is 0 Å². The van der Waals surface area contributed by atoms with E-state index >= 15 is 0 Å². The van der Waals surface area contributed by atoms with E-state index < -0.39 is 0 Å². The number of hydrogen-bond donors (Lipinski definition) is 2. The molecule has 4 nitrogen and oxygen atoms in total. The van der Waals surface area contributed by atoms with Crippen molar-refractivity contribution in [2.24, 2.45) is 5.84 Å². The van der Waals surface area contributed by atoms with Crippen LogP contribution in [0.2, 0.25) is 5.02 Å². The summed E-state index contributed by atoms with van der Waals surface area (Å²) in [6, 6.07) is 12.8. The Hall–Kier alpha value is -1.75. The third kappa shape index (κ3) is 2.88. The van der Waals surface area contributed by atoms with Crippen molar-refractivity contribution in [2.45, 2.75) is 6.04 Å². The molecule has 20 heavy (non-hydrogen) atoms. The SMILES string of the molecule is COc1ccc(OC)c(C(NN)c2ccccc2Cl)c1. The van der Waals surface area contributed by atoms with Crippen molar-refractivity contribution >= 4 is 11.6 Å². The summed E-state index contributed by atoms with van der Waals surface area (Å²) in [5, 5.41) is 0.639. The maximum atomic E-state index is 6.25. The van der Waals surface area contributed by atoms with E-state index in [9.17, 15) is 0 Å². The summed E-state index contributed by atoms with van der Waals surface area (Å²) in [5.41, 5.74) is 4.52. The zero-order valence-electron chi connectivity index (χ0n) is 11.4. The summed E-state index contributed by atoms with van der Waals surface area (Å²) in [6.45, 7) is 0. The van der Waals surface area contributed by atoms with Gasteiger partial charge in [-0.1, -0.05) is 29.8 Å². The van der Waals surface area contributed by atoms with Gasteiger partial charge in [0, 0.05) is 10.6 Å². The molecule has 0 saturated heterocycles. The molecule has 2 rings (SSSR count). The molecule has 0 aromatic heterocycles. The Labute approximate surface area is 123 Å². The smallest absolute Gasteiger partial charge is 0.124 e. The number of benzene rings is 2. The third-order valence-corrected chi connectivity index (χ3v) is 3.47. The first kappa shape index (κ1) is 14.7. The van der Waals surface area contributed by atoms with Crippen LogP contribution in [0.1, 0.15) is 17.2 Å². The molecular weight excluding hydrogens is 276 g/mol. The van der Waals surface area contributed by atoms with Gasteiger partial charge in [-0.15, -0.1) is 0 Å². The van der Waals surface area contributed by atoms with Gasteiger partial charge in [0.1, 0.15) is 11.5 Å². The minimum atomic E-state index is -0.284. The summed E-state index contributed by atoms with van der Waals surface area (Å²) in [4.78, 5) is 0. The second kappa shape index (κ2) is 6.61. The summed E-state index contributed by atoms with van der Waals surface area (Å²) >= 11 is 6.25. The lowest BCUT2D eigenvalue weighted by molar-refractivity contribution is 0.394. The Morgan fingerprint density at radius 2 is 1.80 bits per heavy atom. The Morgan fingerprint density at radius 3 is 2.40 bits per heavy atom. The van der Waals surface area contributed by atoms with E-state index in [1.165, 1.54) is 0 Å². The van der Waals surface area contributed by atoms with Crippen molar-refractivity contribution < 1.29 is 9.47 Å². The van der Waals surface area contributed by atoms with Gasteiger partial charge >= 0.3 is 0 Å². The van der Waals surface area contributed by atoms with Crippen molar-refractivity contribution in [3.63, 3.8) is 0 Å². The van der Waals surface area contributed by atoms with Gasteiger partial charge in [-0.05, 0) is 29.8 Å². The molecule has 106 valence electrons. The highest BCUT2D eigenvalue weighted by Gasteiger charge is 2.20. The molecule has 1 atom stereocenters. The molecule has 0 aliphatic carbocycles. The quantitative estimate of drug-likeness (QED) is 0.657. The van der Waals surface area contributed by atoms with E-state index in [4.69, 9.17) is 26.9 Å². The van der Waals surface area contributed by atoms with E-state index in [1.807, 2.05) is 42.5 Å². The zero-order valence-corrected chi connectivity index (χ0v) is 12.1. The lowest BCUT2D eigenvalue weighted by Gasteiger charge is -2.21. The fourth-order valence-corrected chi connectivity index (χ4v) is 2.37. The monoisotopic (exact) mass is 292 g/mol. The standard InChI is InChI=1S/C15H17ClN2O2/c1-19-10-7-8-14(20-2)12(9-10)15(18-17)11-5-3-4-6-13(11)16/h3-9,15,18H,17H2,1-2H3. The second-order valence-corrected chi connectivity index (χ2v) is 4.64. The number of nitrogens with one attached hydrogen (secondary N) is 1. The van der Waals surface area contributed by atoms with Crippen molar-refractivity contribution in [2.75, 3.05) is 14.2 Å². The predicted molar refractivity (Wildman–Crippen MR) is 80.2 cm³/mol. The topological polar surface area (TPSA) is 56.5 Å². The first-order chi connectivity index (χ1) is 9.71. The van der Waals surface area contributed by atoms with Crippen LogP contribution in [0.3, 0.4) is 0 Å². The maximum absolute atomic E-state index is 6.25. The van der Waals surface area contributed by atoms with Crippen molar-refractivity contribution in [3.05, 3.63) is 58.6 Å². The van der Waals surface area contributed by atoms with E-state index in [2.05, 4.69) is 5.43 Å². The van der Waals surface area contributed by atoms with Gasteiger partial charge < -0.3 is 9.47 Å². The molecule has 0 aliphatic heterocycles. The summed E-state index contributed by atoms with van der Waals surface area (Å²) in [7, 11) is 3.23. The zero-order chi connectivity index (χ0) is 14.5. The molecule has 2 aromatic carbocycles. The van der Waals surface area contributed by atoms with Crippen LogP contribution in [-0.4, -0.2) is 14.2 Å². The molecule has 0 radical (unpaired) electrons. The molecule has 3 N–H and O–H groups in total. The van der Waals surface area contributed by atoms with Gasteiger partial charge in [0.25, 0.3) is 0 Å². The molecule has 0 aliphatic rings. The number of halogens is 1. The molecule has 0 saturated carbocycles. The summed E-state index contributed by atoms with van der Waals surface area (Å²) < 4.78 is 10.7. The second-order valence-electron chi connectivity index (χ2n) is 4.23. The van der Waals surface area contributed by atoms with Crippen LogP contribution in [0.25, 0.3) is 0 Å². The highest BCUT2D eigenvalue weighted by atomic mass is 35.5. The number of methoxy groups -OCH3 is 2. The number of ether oxygens (including phenoxy) is 2. The number of rotatable bonds is 5. The van der Waals surface area contributed by atoms with Crippen LogP contribution in [0.5, 0.6) is 11.5 Å². The van der Waals surface area contributed by atoms with Crippen LogP contribution in [0.15, 0.2) is 42.5 Å². The highest BCUT2D eigenvalue weighted by molar-refractivity contribution is 6.31. The van der Waals surface area contributed by atoms with Gasteiger partial charge in [-0.25, -0.2) is 5.43 Å². The van der Waals surface area contributed by atoms with E-state index in [1.54, 1.807) is 14.2 Å². The fraction of sp³-hybridized carbons (Fsp3) is 0.200. The van der Waals surface area contributed by atoms with E-state index in [-0.39, 0.29) is 6.04 Å². The predicted octanol–water partition coefficient (Wildman–Crippen LogP) is 2.91. The lowest BCUT2D eigenvalue weighted by atomic mass is 9.98. The summed E-state index contributed by atoms with van der Waals surface area (Å²) in [6.07, 6.45) is 0. The van der Waals surface area contributed by atoms with E-state index in [0.29, 0.717) is 10.8 Å². The third-order valence-electron chi connectivity index (χ3n) is 3.13. The van der Waals surface area contributed by atoms with E-state index in [0.717, 1.165) is 16.9 Å². The Bertz CT molecular complexity index is 590. The van der Waals surface area contributed by atoms with Crippen LogP contribution >= 0.6 is 11.6 Å². The van der Waals surface area contributed by atoms with Crippen molar-refractivity contribution in [1.82, 2.24) is 5.43 Å². The number of hydrazine groups is 1. The van der Waals surface area contributed by atoms with Gasteiger partial charge in [0.05, 0.1) is 20.3 Å². The molecule has 0 bridgehead atoms. The minimum absolute atomic E-state index is 0.284. The van der Waals surface area contributed by atoms with Gasteiger partial charge in [0.2, 0.25) is 0 Å². The van der Waals surface area contributed by atoms with Gasteiger partial charge in [0.15, 0.2) is 0 Å². The molecular formula is C15H17ClN2O2. The average Bonchev–Trinajstić information content (AvgIpc) is 2.49. The largest absolute Gasteiger partial charge is 0.497 e. The van der Waals surface area contributed by atoms with Crippen molar-refractivity contribution in [3.8, 4) is 11.5 Å². The van der Waals surface area contributed by atoms with Crippen LogP contribution < -0.4 is 20.7 Å². The molecule has 1 unspecified atom stereocenters. The Morgan fingerprint density at radius 1 is 1.05 bits per heavy atom. The Balaban J connectivity index is 2.54. The lowest BCUT2D eigenvalue weighted by Crippen LogP contribution is -2.29. The normalized spacial score (nSPS) is 12.0. The number of hydrogen-bond acceptors (Lipinski definition) is 4. The Kier molecular flexibility index (Phi) is 4.84. The van der Waals surface area contributed by atoms with Crippen LogP contribution in [0, 0.1) is 0 Å². The average molecular weight is 293 g/mol. The fourth-order valence-electron chi connectivity index (χ4n) is 2.12. The molecule has 0 spiro atoms. The molecule has 0 fully saturated rings. The number of nitrogens with two attached hydrogens (primary N) is 1. The van der Waals surface area contributed by atoms with Crippen LogP contribution in [-0.2, 0) is 0 Å². The first-order valence-corrected chi connectivity index (χ1v) is 6.51. The molecule has 2 aromatic rings. The highest BCUT2D eigenvalue weighted by Crippen LogP contribution is 2.35. The molecule has 0 amide bonds. The minimum Gasteiger partial charge on any atom is -0.497 e. The first-order valence-electron chi connectivity index (χ1n) is 6.13.